The van der Waals surface area contributed by atoms with Crippen LogP contribution in [0.25, 0.3) is 0 Å². The predicted molar refractivity (Wildman–Crippen MR) is 75.6 cm³/mol. The minimum absolute atomic E-state index is 0.529. The van der Waals surface area contributed by atoms with Crippen LogP contribution in [0, 0.1) is 6.07 Å². The van der Waals surface area contributed by atoms with Crippen molar-refractivity contribution in [1.29, 1.82) is 0 Å². The summed E-state index contributed by atoms with van der Waals surface area (Å²) >= 11 is 0. The number of aliphatic hydroxyl groups is 2. The van der Waals surface area contributed by atoms with Gasteiger partial charge in [-0.3, -0.25) is 0 Å². The Labute approximate surface area is 114 Å². The van der Waals surface area contributed by atoms with Crippen LogP contribution in [0.15, 0.2) is 48.5 Å². The SMILES string of the molecule is CC(C)(O)c1ccc(C(O)Cc2cc[c]cc2)cc1. The number of hydrogen-bond donors (Lipinski definition) is 2. The third-order valence-corrected chi connectivity index (χ3v) is 3.22. The molecule has 0 bridgehead atoms. The fourth-order valence-electron chi connectivity index (χ4n) is 2.01. The molecule has 0 fully saturated rings. The number of benzene rings is 2. The Kier molecular flexibility index (Phi) is 4.03. The summed E-state index contributed by atoms with van der Waals surface area (Å²) in [6.07, 6.45) is 0.0505. The standard InChI is InChI=1S/C17H19O2/c1-17(2,19)15-10-8-14(9-11-15)16(18)12-13-6-4-3-5-7-13/h4-11,16,18-19H,12H2,1-2H3. The number of rotatable bonds is 4. The predicted octanol–water partition coefficient (Wildman–Crippen LogP) is 2.99. The molecule has 0 aliphatic rings. The smallest absolute Gasteiger partial charge is 0.0840 e. The summed E-state index contributed by atoms with van der Waals surface area (Å²) in [5, 5.41) is 20.1. The van der Waals surface area contributed by atoms with Crippen LogP contribution in [0.1, 0.15) is 36.6 Å². The Balaban J connectivity index is 2.10. The molecule has 0 heterocycles. The third kappa shape index (κ3) is 3.66. The van der Waals surface area contributed by atoms with Gasteiger partial charge in [0.2, 0.25) is 0 Å². The summed E-state index contributed by atoms with van der Waals surface area (Å²) in [4.78, 5) is 0. The molecular formula is C17H19O2. The van der Waals surface area contributed by atoms with Crippen LogP contribution in [-0.4, -0.2) is 10.2 Å². The maximum Gasteiger partial charge on any atom is 0.0840 e. The topological polar surface area (TPSA) is 40.5 Å². The van der Waals surface area contributed by atoms with E-state index in [0.717, 1.165) is 16.7 Å². The first-order valence-corrected chi connectivity index (χ1v) is 6.43. The summed E-state index contributed by atoms with van der Waals surface area (Å²) < 4.78 is 0. The van der Waals surface area contributed by atoms with E-state index in [0.29, 0.717) is 6.42 Å². The molecule has 1 unspecified atom stereocenters. The van der Waals surface area contributed by atoms with Gasteiger partial charge in [-0.2, -0.15) is 0 Å². The van der Waals surface area contributed by atoms with Gasteiger partial charge in [0.05, 0.1) is 11.7 Å². The largest absolute Gasteiger partial charge is 0.388 e. The van der Waals surface area contributed by atoms with Crippen molar-refractivity contribution in [3.8, 4) is 0 Å². The van der Waals surface area contributed by atoms with Crippen molar-refractivity contribution in [2.75, 3.05) is 0 Å². The average molecular weight is 255 g/mol. The highest BCUT2D eigenvalue weighted by atomic mass is 16.3. The number of aliphatic hydroxyl groups excluding tert-OH is 1. The molecule has 1 atom stereocenters. The van der Waals surface area contributed by atoms with E-state index in [1.165, 1.54) is 0 Å². The van der Waals surface area contributed by atoms with E-state index >= 15 is 0 Å². The Morgan fingerprint density at radius 2 is 1.63 bits per heavy atom. The van der Waals surface area contributed by atoms with Crippen molar-refractivity contribution >= 4 is 0 Å². The van der Waals surface area contributed by atoms with Crippen LogP contribution in [0.3, 0.4) is 0 Å². The third-order valence-electron chi connectivity index (χ3n) is 3.22. The first-order chi connectivity index (χ1) is 8.97. The lowest BCUT2D eigenvalue weighted by Gasteiger charge is -2.19. The van der Waals surface area contributed by atoms with E-state index in [9.17, 15) is 10.2 Å². The molecule has 2 N–H and O–H groups in total. The summed E-state index contributed by atoms with van der Waals surface area (Å²) in [6, 6.07) is 18.0. The molecule has 0 saturated carbocycles. The molecule has 2 aromatic carbocycles. The van der Waals surface area contributed by atoms with E-state index < -0.39 is 11.7 Å². The van der Waals surface area contributed by atoms with Crippen molar-refractivity contribution in [1.82, 2.24) is 0 Å². The van der Waals surface area contributed by atoms with E-state index in [2.05, 4.69) is 6.07 Å². The van der Waals surface area contributed by atoms with Gasteiger partial charge in [-0.15, -0.1) is 0 Å². The first kappa shape index (κ1) is 13.8. The Bertz CT molecular complexity index is 509. The van der Waals surface area contributed by atoms with Gasteiger partial charge < -0.3 is 10.2 Å². The average Bonchev–Trinajstić information content (AvgIpc) is 2.39. The zero-order valence-corrected chi connectivity index (χ0v) is 11.3. The minimum Gasteiger partial charge on any atom is -0.388 e. The highest BCUT2D eigenvalue weighted by Gasteiger charge is 2.16. The fourth-order valence-corrected chi connectivity index (χ4v) is 2.01. The molecule has 99 valence electrons. The number of hydrogen-bond acceptors (Lipinski definition) is 2. The van der Waals surface area contributed by atoms with E-state index in [4.69, 9.17) is 0 Å². The Morgan fingerprint density at radius 1 is 1.05 bits per heavy atom. The van der Waals surface area contributed by atoms with Gasteiger partial charge in [0.15, 0.2) is 0 Å². The Hall–Kier alpha value is -1.64. The second-order valence-corrected chi connectivity index (χ2v) is 5.31. The van der Waals surface area contributed by atoms with Crippen molar-refractivity contribution in [2.24, 2.45) is 0 Å². The summed E-state index contributed by atoms with van der Waals surface area (Å²) in [5.74, 6) is 0. The van der Waals surface area contributed by atoms with Crippen LogP contribution in [0.2, 0.25) is 0 Å². The molecule has 2 heteroatoms. The van der Waals surface area contributed by atoms with Gasteiger partial charge in [-0.1, -0.05) is 48.5 Å². The minimum atomic E-state index is -0.848. The molecule has 2 rings (SSSR count). The molecule has 2 nitrogen and oxygen atoms in total. The van der Waals surface area contributed by atoms with Crippen molar-refractivity contribution < 1.29 is 10.2 Å². The lowest BCUT2D eigenvalue weighted by atomic mass is 9.95. The van der Waals surface area contributed by atoms with Crippen molar-refractivity contribution in [2.45, 2.75) is 32.0 Å². The van der Waals surface area contributed by atoms with Crippen LogP contribution in [-0.2, 0) is 12.0 Å². The fraction of sp³-hybridized carbons (Fsp3) is 0.294. The van der Waals surface area contributed by atoms with Crippen molar-refractivity contribution in [3.05, 3.63) is 71.3 Å². The molecule has 0 spiro atoms. The van der Waals surface area contributed by atoms with Crippen molar-refractivity contribution in [3.63, 3.8) is 0 Å². The molecule has 1 radical (unpaired) electrons. The highest BCUT2D eigenvalue weighted by molar-refractivity contribution is 5.28. The molecule has 0 amide bonds. The van der Waals surface area contributed by atoms with Gasteiger partial charge in [0, 0.05) is 6.42 Å². The normalized spacial score (nSPS) is 13.3. The maximum absolute atomic E-state index is 10.2. The molecule has 0 aliphatic carbocycles. The second-order valence-electron chi connectivity index (χ2n) is 5.31. The quantitative estimate of drug-likeness (QED) is 0.881. The van der Waals surface area contributed by atoms with E-state index in [1.807, 2.05) is 48.5 Å². The summed E-state index contributed by atoms with van der Waals surface area (Å²) in [7, 11) is 0. The molecule has 0 aliphatic heterocycles. The van der Waals surface area contributed by atoms with E-state index in [1.54, 1.807) is 13.8 Å². The maximum atomic E-state index is 10.2. The van der Waals surface area contributed by atoms with Crippen LogP contribution in [0.5, 0.6) is 0 Å². The lowest BCUT2D eigenvalue weighted by molar-refractivity contribution is 0.0784. The van der Waals surface area contributed by atoms with Gasteiger partial charge in [0.25, 0.3) is 0 Å². The van der Waals surface area contributed by atoms with Crippen LogP contribution < -0.4 is 0 Å². The zero-order chi connectivity index (χ0) is 13.9. The van der Waals surface area contributed by atoms with E-state index in [-0.39, 0.29) is 0 Å². The van der Waals surface area contributed by atoms with Gasteiger partial charge >= 0.3 is 0 Å². The molecule has 0 saturated heterocycles. The van der Waals surface area contributed by atoms with Crippen LogP contribution in [0.4, 0.5) is 0 Å². The molecule has 0 aromatic heterocycles. The molecule has 2 aromatic rings. The lowest BCUT2D eigenvalue weighted by Crippen LogP contribution is -2.15. The van der Waals surface area contributed by atoms with Crippen LogP contribution >= 0.6 is 0 Å². The monoisotopic (exact) mass is 255 g/mol. The Morgan fingerprint density at radius 3 is 2.16 bits per heavy atom. The summed E-state index contributed by atoms with van der Waals surface area (Å²) in [6.45, 7) is 3.50. The molecule has 19 heavy (non-hydrogen) atoms. The van der Waals surface area contributed by atoms with Gasteiger partial charge in [-0.25, -0.2) is 0 Å². The first-order valence-electron chi connectivity index (χ1n) is 6.43. The summed E-state index contributed by atoms with van der Waals surface area (Å²) in [5.41, 5.74) is 1.94. The van der Waals surface area contributed by atoms with Gasteiger partial charge in [-0.05, 0) is 36.6 Å². The van der Waals surface area contributed by atoms with Gasteiger partial charge in [0.1, 0.15) is 0 Å². The second kappa shape index (κ2) is 5.55. The molecular weight excluding hydrogens is 236 g/mol. The zero-order valence-electron chi connectivity index (χ0n) is 11.3. The highest BCUT2D eigenvalue weighted by Crippen LogP contribution is 2.23.